The molecule has 0 atom stereocenters. The van der Waals surface area contributed by atoms with E-state index in [9.17, 15) is 10.1 Å². The zero-order chi connectivity index (χ0) is 25.8. The number of benzene rings is 4. The van der Waals surface area contributed by atoms with Gasteiger partial charge in [0.15, 0.2) is 0 Å². The molecule has 0 unspecified atom stereocenters. The van der Waals surface area contributed by atoms with Gasteiger partial charge in [0, 0.05) is 27.1 Å². The van der Waals surface area contributed by atoms with Crippen molar-refractivity contribution in [2.24, 2.45) is 0 Å². The molecule has 0 aliphatic heterocycles. The van der Waals surface area contributed by atoms with Gasteiger partial charge in [0.2, 0.25) is 5.91 Å². The van der Waals surface area contributed by atoms with Crippen LogP contribution in [-0.4, -0.2) is 16.6 Å². The molecule has 0 fully saturated rings. The average Bonchev–Trinajstić information content (AvgIpc) is 2.93. The summed E-state index contributed by atoms with van der Waals surface area (Å²) in [6.45, 7) is 1.98. The molecule has 1 N–H and O–H groups in total. The Morgan fingerprint density at radius 2 is 1.68 bits per heavy atom. The van der Waals surface area contributed by atoms with Crippen LogP contribution in [0.2, 0.25) is 5.02 Å². The Hall–Kier alpha value is -4.11. The van der Waals surface area contributed by atoms with Gasteiger partial charge in [-0.25, -0.2) is 4.98 Å². The zero-order valence-electron chi connectivity index (χ0n) is 20.0. The number of nitriles is 1. The van der Waals surface area contributed by atoms with Gasteiger partial charge in [-0.3, -0.25) is 4.79 Å². The van der Waals surface area contributed by atoms with E-state index in [2.05, 4.69) is 11.4 Å². The van der Waals surface area contributed by atoms with E-state index in [4.69, 9.17) is 16.6 Å². The van der Waals surface area contributed by atoms with Crippen molar-refractivity contribution >= 4 is 45.7 Å². The highest BCUT2D eigenvalue weighted by Crippen LogP contribution is 2.37. The summed E-state index contributed by atoms with van der Waals surface area (Å²) >= 11 is 7.76. The number of thioether (sulfide) groups is 1. The number of halogens is 1. The van der Waals surface area contributed by atoms with E-state index in [1.54, 1.807) is 6.07 Å². The van der Waals surface area contributed by atoms with E-state index in [1.807, 2.05) is 97.9 Å². The number of hydrogen-bond donors (Lipinski definition) is 1. The molecule has 1 aromatic heterocycles. The number of nitrogens with zero attached hydrogens (tertiary/aromatic N) is 2. The van der Waals surface area contributed by atoms with Gasteiger partial charge in [-0.05, 0) is 30.0 Å². The van der Waals surface area contributed by atoms with Crippen molar-refractivity contribution in [3.8, 4) is 28.5 Å². The molecule has 6 heteroatoms. The minimum atomic E-state index is -0.167. The van der Waals surface area contributed by atoms with E-state index in [1.165, 1.54) is 11.8 Å². The van der Waals surface area contributed by atoms with Crippen molar-refractivity contribution < 1.29 is 4.79 Å². The molecule has 0 bridgehead atoms. The molecule has 0 saturated heterocycles. The van der Waals surface area contributed by atoms with Crippen LogP contribution in [-0.2, 0) is 4.79 Å². The van der Waals surface area contributed by atoms with Gasteiger partial charge in [-0.2, -0.15) is 5.26 Å². The quantitative estimate of drug-likeness (QED) is 0.230. The molecule has 4 nitrogen and oxygen atoms in total. The molecular formula is C31H22ClN3OS. The number of carbonyl (C=O) groups excluding carboxylic acids is 1. The summed E-state index contributed by atoms with van der Waals surface area (Å²) in [4.78, 5) is 17.9. The summed E-state index contributed by atoms with van der Waals surface area (Å²) in [5.74, 6) is -0.0654. The highest BCUT2D eigenvalue weighted by molar-refractivity contribution is 8.00. The first-order valence-corrected chi connectivity index (χ1v) is 13.1. The Balaban J connectivity index is 1.50. The highest BCUT2D eigenvalue weighted by Gasteiger charge is 2.19. The minimum Gasteiger partial charge on any atom is -0.325 e. The fourth-order valence-electron chi connectivity index (χ4n) is 4.24. The predicted molar refractivity (Wildman–Crippen MR) is 153 cm³/mol. The van der Waals surface area contributed by atoms with Crippen molar-refractivity contribution in [3.63, 3.8) is 0 Å². The normalized spacial score (nSPS) is 10.7. The number of pyridine rings is 1. The summed E-state index contributed by atoms with van der Waals surface area (Å²) in [7, 11) is 0. The molecule has 0 aliphatic carbocycles. The Bertz CT molecular complexity index is 1660. The Kier molecular flexibility index (Phi) is 7.23. The van der Waals surface area contributed by atoms with E-state index in [0.717, 1.165) is 33.2 Å². The molecule has 37 heavy (non-hydrogen) atoms. The van der Waals surface area contributed by atoms with Crippen LogP contribution in [0, 0.1) is 18.3 Å². The van der Waals surface area contributed by atoms with Crippen LogP contribution in [0.3, 0.4) is 0 Å². The third kappa shape index (κ3) is 5.22. The molecular weight excluding hydrogens is 498 g/mol. The monoisotopic (exact) mass is 519 g/mol. The Morgan fingerprint density at radius 3 is 2.46 bits per heavy atom. The lowest BCUT2D eigenvalue weighted by Gasteiger charge is -2.14. The second kappa shape index (κ2) is 10.9. The van der Waals surface area contributed by atoms with E-state index in [-0.39, 0.29) is 11.7 Å². The maximum atomic E-state index is 13.1. The van der Waals surface area contributed by atoms with Crippen LogP contribution in [0.1, 0.15) is 11.1 Å². The summed E-state index contributed by atoms with van der Waals surface area (Å²) < 4.78 is 0. The number of aryl methyl sites for hydroxylation is 1. The van der Waals surface area contributed by atoms with Crippen LogP contribution in [0.25, 0.3) is 33.2 Å². The average molecular weight is 520 g/mol. The molecule has 0 radical (unpaired) electrons. The lowest BCUT2D eigenvalue weighted by atomic mass is 9.99. The number of amides is 1. The van der Waals surface area contributed by atoms with Crippen molar-refractivity contribution in [3.05, 3.63) is 113 Å². The first-order valence-electron chi connectivity index (χ1n) is 11.7. The van der Waals surface area contributed by atoms with E-state index >= 15 is 0 Å². The molecule has 0 spiro atoms. The van der Waals surface area contributed by atoms with Gasteiger partial charge < -0.3 is 5.32 Å². The lowest BCUT2D eigenvalue weighted by molar-refractivity contribution is -0.113. The second-order valence-electron chi connectivity index (χ2n) is 8.51. The molecule has 0 saturated carbocycles. The van der Waals surface area contributed by atoms with E-state index in [0.29, 0.717) is 26.9 Å². The maximum absolute atomic E-state index is 13.1. The second-order valence-corrected chi connectivity index (χ2v) is 9.88. The molecule has 1 amide bonds. The molecule has 1 heterocycles. The van der Waals surface area contributed by atoms with Crippen LogP contribution < -0.4 is 5.32 Å². The van der Waals surface area contributed by atoms with Gasteiger partial charge in [0.05, 0.1) is 22.7 Å². The Morgan fingerprint density at radius 1 is 0.946 bits per heavy atom. The third-order valence-electron chi connectivity index (χ3n) is 6.07. The molecule has 4 aromatic carbocycles. The molecule has 5 rings (SSSR count). The molecule has 0 aliphatic rings. The third-order valence-corrected chi connectivity index (χ3v) is 7.38. The van der Waals surface area contributed by atoms with Gasteiger partial charge in [0.25, 0.3) is 0 Å². The predicted octanol–water partition coefficient (Wildman–Crippen LogP) is 8.13. The van der Waals surface area contributed by atoms with Gasteiger partial charge in [-0.15, -0.1) is 0 Å². The number of hydrogen-bond acceptors (Lipinski definition) is 4. The van der Waals surface area contributed by atoms with Gasteiger partial charge >= 0.3 is 0 Å². The lowest BCUT2D eigenvalue weighted by Crippen LogP contribution is -2.15. The first kappa shape index (κ1) is 24.6. The number of fused-ring (bicyclic) bond motifs is 1. The van der Waals surface area contributed by atoms with Crippen LogP contribution in [0.15, 0.2) is 102 Å². The van der Waals surface area contributed by atoms with Crippen molar-refractivity contribution in [1.29, 1.82) is 5.26 Å². The number of anilines is 1. The number of aromatic nitrogens is 1. The van der Waals surface area contributed by atoms with E-state index < -0.39 is 0 Å². The fourth-order valence-corrected chi connectivity index (χ4v) is 5.28. The standard InChI is InChI=1S/C31H22ClN3OS/c1-20-15-16-21-9-5-6-12-23(21)30(20)35-29(36)19-37-31-26(18-33)25(24-13-7-8-14-27(24)32)17-28(34-31)22-10-3-2-4-11-22/h2-17H,19H2,1H3,(H,35,36). The first-order chi connectivity index (χ1) is 18.0. The smallest absolute Gasteiger partial charge is 0.234 e. The van der Waals surface area contributed by atoms with Crippen molar-refractivity contribution in [2.75, 3.05) is 11.1 Å². The zero-order valence-corrected chi connectivity index (χ0v) is 21.6. The summed E-state index contributed by atoms with van der Waals surface area (Å²) in [6.07, 6.45) is 0. The van der Waals surface area contributed by atoms with Crippen LogP contribution >= 0.6 is 23.4 Å². The number of rotatable bonds is 6. The van der Waals surface area contributed by atoms with Crippen molar-refractivity contribution in [2.45, 2.75) is 11.9 Å². The molecule has 5 aromatic rings. The topological polar surface area (TPSA) is 65.8 Å². The highest BCUT2D eigenvalue weighted by atomic mass is 35.5. The minimum absolute atomic E-state index is 0.102. The van der Waals surface area contributed by atoms with Gasteiger partial charge in [-0.1, -0.05) is 108 Å². The summed E-state index contributed by atoms with van der Waals surface area (Å²) in [5.41, 5.74) is 5.24. The summed E-state index contributed by atoms with van der Waals surface area (Å²) in [6, 6.07) is 33.4. The van der Waals surface area contributed by atoms with Crippen LogP contribution in [0.4, 0.5) is 5.69 Å². The summed E-state index contributed by atoms with van der Waals surface area (Å²) in [5, 5.41) is 16.3. The number of carbonyl (C=O) groups is 1. The van der Waals surface area contributed by atoms with Crippen molar-refractivity contribution in [1.82, 2.24) is 4.98 Å². The van der Waals surface area contributed by atoms with Crippen LogP contribution in [0.5, 0.6) is 0 Å². The largest absolute Gasteiger partial charge is 0.325 e. The number of nitrogens with one attached hydrogen (secondary N) is 1. The SMILES string of the molecule is Cc1ccc2ccccc2c1NC(=O)CSc1nc(-c2ccccc2)cc(-c2ccccc2Cl)c1C#N. The fraction of sp³-hybridized carbons (Fsp3) is 0.0645. The van der Waals surface area contributed by atoms with Gasteiger partial charge in [0.1, 0.15) is 11.1 Å². The Labute approximate surface area is 224 Å². The maximum Gasteiger partial charge on any atom is 0.234 e. The molecule has 180 valence electrons.